The van der Waals surface area contributed by atoms with Crippen molar-refractivity contribution in [3.05, 3.63) is 65.3 Å². The van der Waals surface area contributed by atoms with Crippen LogP contribution in [0.25, 0.3) is 33.9 Å². The molecule has 106 valence electrons. The Morgan fingerprint density at radius 3 is 2.55 bits per heavy atom. The van der Waals surface area contributed by atoms with E-state index < -0.39 is 0 Å². The average molecular weight is 291 g/mol. The molecule has 0 bridgehead atoms. The van der Waals surface area contributed by atoms with E-state index in [9.17, 15) is 4.79 Å². The predicted octanol–water partition coefficient (Wildman–Crippen LogP) is 2.91. The van der Waals surface area contributed by atoms with Gasteiger partial charge in [-0.05, 0) is 24.3 Å². The van der Waals surface area contributed by atoms with Crippen molar-refractivity contribution in [3.8, 4) is 22.9 Å². The molecule has 3 heterocycles. The summed E-state index contributed by atoms with van der Waals surface area (Å²) in [7, 11) is 0. The molecular weight excluding hydrogens is 282 g/mol. The highest BCUT2D eigenvalue weighted by Gasteiger charge is 2.15. The lowest BCUT2D eigenvalue weighted by Crippen LogP contribution is -2.04. The van der Waals surface area contributed by atoms with Crippen LogP contribution in [0.5, 0.6) is 0 Å². The Morgan fingerprint density at radius 2 is 1.68 bits per heavy atom. The largest absolute Gasteiger partial charge is 0.463 e. The fourth-order valence-corrected chi connectivity index (χ4v) is 2.17. The minimum atomic E-state index is -0.202. The first kappa shape index (κ1) is 12.5. The van der Waals surface area contributed by atoms with Gasteiger partial charge in [0.05, 0.1) is 5.39 Å². The van der Waals surface area contributed by atoms with Crippen molar-refractivity contribution in [3.63, 3.8) is 0 Å². The van der Waals surface area contributed by atoms with Gasteiger partial charge in [0, 0.05) is 18.0 Å². The number of rotatable bonds is 2. The second-order valence-corrected chi connectivity index (χ2v) is 4.62. The van der Waals surface area contributed by atoms with Gasteiger partial charge < -0.3 is 8.83 Å². The number of nitrogens with zero attached hydrogens (tertiary/aromatic N) is 3. The Kier molecular flexibility index (Phi) is 2.79. The number of para-hydroxylation sites is 1. The molecule has 0 fully saturated rings. The van der Waals surface area contributed by atoms with Crippen LogP contribution in [-0.2, 0) is 0 Å². The monoisotopic (exact) mass is 291 g/mol. The van der Waals surface area contributed by atoms with E-state index in [1.54, 1.807) is 48.8 Å². The van der Waals surface area contributed by atoms with Crippen molar-refractivity contribution in [1.29, 1.82) is 0 Å². The fourth-order valence-electron chi connectivity index (χ4n) is 2.17. The van der Waals surface area contributed by atoms with Crippen LogP contribution in [0.15, 0.2) is 68.7 Å². The van der Waals surface area contributed by atoms with Crippen molar-refractivity contribution in [2.24, 2.45) is 0 Å². The highest BCUT2D eigenvalue weighted by molar-refractivity contribution is 5.79. The van der Waals surface area contributed by atoms with Gasteiger partial charge in [0.15, 0.2) is 0 Å². The first-order valence-electron chi connectivity index (χ1n) is 6.58. The van der Waals surface area contributed by atoms with Gasteiger partial charge in [0.25, 0.3) is 5.89 Å². The van der Waals surface area contributed by atoms with Crippen LogP contribution in [0.4, 0.5) is 0 Å². The number of benzene rings is 1. The van der Waals surface area contributed by atoms with Gasteiger partial charge in [-0.2, -0.15) is 0 Å². The molecule has 0 saturated carbocycles. The van der Waals surface area contributed by atoms with E-state index in [0.717, 1.165) is 5.56 Å². The van der Waals surface area contributed by atoms with Gasteiger partial charge in [0.2, 0.25) is 11.3 Å². The molecule has 0 N–H and O–H groups in total. The minimum absolute atomic E-state index is 0.131. The summed E-state index contributed by atoms with van der Waals surface area (Å²) >= 11 is 0. The van der Waals surface area contributed by atoms with Crippen LogP contribution in [0.2, 0.25) is 0 Å². The van der Waals surface area contributed by atoms with Gasteiger partial charge in [0.1, 0.15) is 17.4 Å². The zero-order valence-corrected chi connectivity index (χ0v) is 11.3. The van der Waals surface area contributed by atoms with Crippen molar-refractivity contribution >= 4 is 11.0 Å². The normalized spacial score (nSPS) is 10.9. The van der Waals surface area contributed by atoms with Crippen molar-refractivity contribution in [1.82, 2.24) is 15.2 Å². The number of hydrogen-bond donors (Lipinski definition) is 0. The maximum Gasteiger partial charge on any atom is 0.255 e. The van der Waals surface area contributed by atoms with Crippen LogP contribution < -0.4 is 5.43 Å². The summed E-state index contributed by atoms with van der Waals surface area (Å²) in [4.78, 5) is 16.4. The molecule has 0 amide bonds. The summed E-state index contributed by atoms with van der Waals surface area (Å²) in [6.45, 7) is 0. The van der Waals surface area contributed by atoms with Crippen LogP contribution in [0.1, 0.15) is 0 Å². The SMILES string of the molecule is O=c1c(-c2nnc(-c3ccncc3)o2)coc2ccccc12. The third-order valence-electron chi connectivity index (χ3n) is 3.26. The maximum atomic E-state index is 12.5. The highest BCUT2D eigenvalue weighted by atomic mass is 16.4. The number of aromatic nitrogens is 3. The molecule has 4 rings (SSSR count). The Labute approximate surface area is 124 Å². The molecule has 4 aromatic rings. The summed E-state index contributed by atoms with van der Waals surface area (Å²) in [5, 5.41) is 8.37. The van der Waals surface area contributed by atoms with Crippen molar-refractivity contribution in [2.45, 2.75) is 0 Å². The van der Waals surface area contributed by atoms with E-state index in [1.165, 1.54) is 6.26 Å². The minimum Gasteiger partial charge on any atom is -0.463 e. The number of fused-ring (bicyclic) bond motifs is 1. The molecule has 0 aliphatic carbocycles. The first-order valence-corrected chi connectivity index (χ1v) is 6.58. The third kappa shape index (κ3) is 1.98. The summed E-state index contributed by atoms with van der Waals surface area (Å²) in [5.74, 6) is 0.455. The van der Waals surface area contributed by atoms with Gasteiger partial charge in [-0.25, -0.2) is 0 Å². The molecule has 1 aromatic carbocycles. The molecule has 6 nitrogen and oxygen atoms in total. The van der Waals surface area contributed by atoms with Gasteiger partial charge in [-0.1, -0.05) is 12.1 Å². The van der Waals surface area contributed by atoms with Crippen LogP contribution >= 0.6 is 0 Å². The van der Waals surface area contributed by atoms with Crippen LogP contribution in [0.3, 0.4) is 0 Å². The Morgan fingerprint density at radius 1 is 0.909 bits per heavy atom. The summed E-state index contributed by atoms with van der Waals surface area (Å²) in [6.07, 6.45) is 4.60. The molecule has 0 aliphatic rings. The lowest BCUT2D eigenvalue weighted by molar-refractivity contribution is 0.570. The molecule has 3 aromatic heterocycles. The van der Waals surface area contributed by atoms with E-state index in [4.69, 9.17) is 8.83 Å². The Balaban J connectivity index is 1.85. The zero-order chi connectivity index (χ0) is 14.9. The molecular formula is C16H9N3O3. The van der Waals surface area contributed by atoms with E-state index >= 15 is 0 Å². The number of hydrogen-bond acceptors (Lipinski definition) is 6. The lowest BCUT2D eigenvalue weighted by atomic mass is 10.2. The molecule has 0 saturated heterocycles. The van der Waals surface area contributed by atoms with Crippen molar-refractivity contribution in [2.75, 3.05) is 0 Å². The van der Waals surface area contributed by atoms with Crippen LogP contribution in [-0.4, -0.2) is 15.2 Å². The summed E-state index contributed by atoms with van der Waals surface area (Å²) in [6, 6.07) is 10.5. The number of pyridine rings is 1. The smallest absolute Gasteiger partial charge is 0.255 e. The van der Waals surface area contributed by atoms with Crippen molar-refractivity contribution < 1.29 is 8.83 Å². The molecule has 0 aliphatic heterocycles. The van der Waals surface area contributed by atoms with E-state index in [-0.39, 0.29) is 16.9 Å². The predicted molar refractivity (Wildman–Crippen MR) is 79.0 cm³/mol. The molecule has 6 heteroatoms. The Hall–Kier alpha value is -3.28. The van der Waals surface area contributed by atoms with Gasteiger partial charge >= 0.3 is 0 Å². The zero-order valence-electron chi connectivity index (χ0n) is 11.3. The topological polar surface area (TPSA) is 82.0 Å². The lowest BCUT2D eigenvalue weighted by Gasteiger charge is -1.98. The second kappa shape index (κ2) is 4.92. The van der Waals surface area contributed by atoms with Gasteiger partial charge in [-0.15, -0.1) is 10.2 Å². The molecule has 22 heavy (non-hydrogen) atoms. The first-order chi connectivity index (χ1) is 10.8. The van der Waals surface area contributed by atoms with Crippen LogP contribution in [0, 0.1) is 0 Å². The maximum absolute atomic E-state index is 12.5. The fraction of sp³-hybridized carbons (Fsp3) is 0. The molecule has 0 unspecified atom stereocenters. The van der Waals surface area contributed by atoms with E-state index in [1.807, 2.05) is 0 Å². The average Bonchev–Trinajstić information content (AvgIpc) is 3.06. The standard InChI is InChI=1S/C16H9N3O3/c20-14-11-3-1-2-4-13(11)21-9-12(14)16-19-18-15(22-16)10-5-7-17-8-6-10/h1-9H. The Bertz CT molecular complexity index is 1010. The highest BCUT2D eigenvalue weighted by Crippen LogP contribution is 2.23. The van der Waals surface area contributed by atoms with E-state index in [0.29, 0.717) is 16.9 Å². The summed E-state index contributed by atoms with van der Waals surface area (Å²) in [5.41, 5.74) is 1.29. The quantitative estimate of drug-likeness (QED) is 0.564. The van der Waals surface area contributed by atoms with E-state index in [2.05, 4.69) is 15.2 Å². The molecule has 0 spiro atoms. The summed E-state index contributed by atoms with van der Waals surface area (Å²) < 4.78 is 11.0. The third-order valence-corrected chi connectivity index (χ3v) is 3.26. The van der Waals surface area contributed by atoms with Gasteiger partial charge in [-0.3, -0.25) is 9.78 Å². The second-order valence-electron chi connectivity index (χ2n) is 4.62. The molecule has 0 atom stereocenters. The molecule has 0 radical (unpaired) electrons.